The molecule has 0 radical (unpaired) electrons. The number of aryl methyl sites for hydroxylation is 1. The Hall–Kier alpha value is -0.280. The lowest BCUT2D eigenvalue weighted by atomic mass is 10.1. The summed E-state index contributed by atoms with van der Waals surface area (Å²) in [6.45, 7) is 1.09. The summed E-state index contributed by atoms with van der Waals surface area (Å²) in [4.78, 5) is 1.39. The molecule has 0 spiro atoms. The molecule has 0 saturated heterocycles. The fourth-order valence-corrected chi connectivity index (χ4v) is 2.68. The van der Waals surface area contributed by atoms with Crippen molar-refractivity contribution in [2.75, 3.05) is 23.4 Å². The number of fused-ring (bicyclic) bond motifs is 1. The molecule has 0 bridgehead atoms. The second kappa shape index (κ2) is 4.29. The van der Waals surface area contributed by atoms with Crippen molar-refractivity contribution in [3.05, 3.63) is 23.8 Å². The highest BCUT2D eigenvalue weighted by molar-refractivity contribution is 7.99. The summed E-state index contributed by atoms with van der Waals surface area (Å²) in [6.07, 6.45) is 1.07. The van der Waals surface area contributed by atoms with E-state index in [-0.39, 0.29) is 0 Å². The van der Waals surface area contributed by atoms with E-state index in [1.54, 1.807) is 0 Å². The summed E-state index contributed by atoms with van der Waals surface area (Å²) in [5.74, 6) is 2.11. The van der Waals surface area contributed by atoms with Crippen molar-refractivity contribution in [3.8, 4) is 0 Å². The summed E-state index contributed by atoms with van der Waals surface area (Å²) < 4.78 is 0. The van der Waals surface area contributed by atoms with Gasteiger partial charge in [-0.2, -0.15) is 12.6 Å². The van der Waals surface area contributed by atoms with E-state index < -0.39 is 0 Å². The first-order valence-corrected chi connectivity index (χ1v) is 6.12. The van der Waals surface area contributed by atoms with E-state index in [9.17, 15) is 0 Å². The maximum Gasteiger partial charge on any atom is 0.0478 e. The molecule has 0 fully saturated rings. The Morgan fingerprint density at radius 2 is 2.38 bits per heavy atom. The number of hydrogen-bond donors (Lipinski definition) is 2. The molecular formula is C10H13NS2. The maximum absolute atomic E-state index is 4.24. The minimum absolute atomic E-state index is 0.927. The Balaban J connectivity index is 2.24. The van der Waals surface area contributed by atoms with Crippen molar-refractivity contribution in [1.29, 1.82) is 0 Å². The molecule has 1 nitrogen and oxygen atoms in total. The van der Waals surface area contributed by atoms with Gasteiger partial charge in [0.05, 0.1) is 0 Å². The molecule has 70 valence electrons. The van der Waals surface area contributed by atoms with Gasteiger partial charge in [0.1, 0.15) is 0 Å². The van der Waals surface area contributed by atoms with Crippen LogP contribution in [0.25, 0.3) is 0 Å². The molecule has 0 atom stereocenters. The average molecular weight is 211 g/mol. The largest absolute Gasteiger partial charge is 0.383 e. The zero-order valence-electron chi connectivity index (χ0n) is 7.42. The first-order valence-electron chi connectivity index (χ1n) is 4.50. The normalized spacial score (nSPS) is 14.8. The molecule has 0 aliphatic carbocycles. The van der Waals surface area contributed by atoms with Crippen LogP contribution in [0.3, 0.4) is 0 Å². The number of hydrogen-bond acceptors (Lipinski definition) is 3. The molecule has 1 N–H and O–H groups in total. The van der Waals surface area contributed by atoms with Gasteiger partial charge in [-0.3, -0.25) is 0 Å². The molecule has 1 aliphatic heterocycles. The van der Waals surface area contributed by atoms with Crippen LogP contribution in [-0.4, -0.2) is 18.1 Å². The highest BCUT2D eigenvalue weighted by atomic mass is 32.2. The fourth-order valence-electron chi connectivity index (χ4n) is 1.46. The minimum Gasteiger partial charge on any atom is -0.383 e. The molecule has 13 heavy (non-hydrogen) atoms. The zero-order chi connectivity index (χ0) is 9.10. The van der Waals surface area contributed by atoms with Crippen LogP contribution < -0.4 is 5.32 Å². The first kappa shape index (κ1) is 9.28. The molecule has 1 heterocycles. The summed E-state index contributed by atoms with van der Waals surface area (Å²) in [6, 6.07) is 6.65. The second-order valence-electron chi connectivity index (χ2n) is 3.08. The summed E-state index contributed by atoms with van der Waals surface area (Å²) in [5.41, 5.74) is 2.68. The van der Waals surface area contributed by atoms with E-state index in [1.165, 1.54) is 21.9 Å². The van der Waals surface area contributed by atoms with Gasteiger partial charge < -0.3 is 5.32 Å². The zero-order valence-corrected chi connectivity index (χ0v) is 9.13. The summed E-state index contributed by atoms with van der Waals surface area (Å²) in [7, 11) is 0. The molecular weight excluding hydrogens is 198 g/mol. The van der Waals surface area contributed by atoms with E-state index in [1.807, 2.05) is 11.8 Å². The fraction of sp³-hybridized carbons (Fsp3) is 0.400. The van der Waals surface area contributed by atoms with Crippen LogP contribution in [0, 0.1) is 0 Å². The van der Waals surface area contributed by atoms with Crippen molar-refractivity contribution < 1.29 is 0 Å². The predicted octanol–water partition coefficient (Wildman–Crippen LogP) is 2.68. The van der Waals surface area contributed by atoms with Gasteiger partial charge in [-0.05, 0) is 29.9 Å². The molecule has 1 aromatic rings. The minimum atomic E-state index is 0.927. The molecule has 0 aromatic heterocycles. The maximum atomic E-state index is 4.24. The Kier molecular flexibility index (Phi) is 3.06. The smallest absolute Gasteiger partial charge is 0.0478 e. The van der Waals surface area contributed by atoms with Gasteiger partial charge in [-0.1, -0.05) is 6.07 Å². The molecule has 3 heteroatoms. The Labute approximate surface area is 88.7 Å². The average Bonchev–Trinajstić information content (AvgIpc) is 2.18. The Morgan fingerprint density at radius 1 is 1.46 bits per heavy atom. The molecule has 1 aromatic carbocycles. The van der Waals surface area contributed by atoms with Gasteiger partial charge in [0.25, 0.3) is 0 Å². The van der Waals surface area contributed by atoms with E-state index in [0.717, 1.165) is 18.7 Å². The topological polar surface area (TPSA) is 12.0 Å². The Morgan fingerprint density at radius 3 is 3.23 bits per heavy atom. The number of nitrogens with one attached hydrogen (secondary N) is 1. The molecule has 0 amide bonds. The number of rotatable bonds is 2. The molecule has 0 saturated carbocycles. The van der Waals surface area contributed by atoms with E-state index in [0.29, 0.717) is 0 Å². The summed E-state index contributed by atoms with van der Waals surface area (Å²) >= 11 is 6.18. The quantitative estimate of drug-likeness (QED) is 0.730. The van der Waals surface area contributed by atoms with Gasteiger partial charge in [-0.15, -0.1) is 11.8 Å². The van der Waals surface area contributed by atoms with Crippen LogP contribution >= 0.6 is 24.4 Å². The van der Waals surface area contributed by atoms with E-state index >= 15 is 0 Å². The monoisotopic (exact) mass is 211 g/mol. The predicted molar refractivity (Wildman–Crippen MR) is 63.2 cm³/mol. The van der Waals surface area contributed by atoms with Gasteiger partial charge in [-0.25, -0.2) is 0 Å². The molecule has 2 rings (SSSR count). The lowest BCUT2D eigenvalue weighted by Gasteiger charge is -2.17. The number of benzene rings is 1. The number of anilines is 1. The van der Waals surface area contributed by atoms with Gasteiger partial charge in [0, 0.05) is 22.9 Å². The number of thioether (sulfide) groups is 1. The SMILES string of the molecule is SCCc1ccc2c(c1)SCCN2. The highest BCUT2D eigenvalue weighted by Crippen LogP contribution is 2.31. The third kappa shape index (κ3) is 2.15. The van der Waals surface area contributed by atoms with Gasteiger partial charge in [0.2, 0.25) is 0 Å². The third-order valence-corrected chi connectivity index (χ3v) is 3.40. The second-order valence-corrected chi connectivity index (χ2v) is 4.66. The Bertz CT molecular complexity index is 299. The summed E-state index contributed by atoms with van der Waals surface area (Å²) in [5, 5.41) is 3.39. The standard InChI is InChI=1S/C10H13NS2/c12-5-3-8-1-2-9-10(7-8)13-6-4-11-9/h1-2,7,11-12H,3-6H2. The first-order chi connectivity index (χ1) is 6.40. The van der Waals surface area contributed by atoms with E-state index in [4.69, 9.17) is 0 Å². The van der Waals surface area contributed by atoms with Crippen LogP contribution in [0.5, 0.6) is 0 Å². The van der Waals surface area contributed by atoms with Gasteiger partial charge in [0.15, 0.2) is 0 Å². The van der Waals surface area contributed by atoms with Crippen molar-refractivity contribution in [3.63, 3.8) is 0 Å². The van der Waals surface area contributed by atoms with Crippen molar-refractivity contribution in [2.24, 2.45) is 0 Å². The van der Waals surface area contributed by atoms with Crippen molar-refractivity contribution >= 4 is 30.1 Å². The lowest BCUT2D eigenvalue weighted by Crippen LogP contribution is -2.10. The van der Waals surface area contributed by atoms with Crippen LogP contribution in [-0.2, 0) is 6.42 Å². The third-order valence-electron chi connectivity index (χ3n) is 2.12. The van der Waals surface area contributed by atoms with Crippen LogP contribution in [0.4, 0.5) is 5.69 Å². The molecule has 0 unspecified atom stereocenters. The van der Waals surface area contributed by atoms with Crippen LogP contribution in [0.2, 0.25) is 0 Å². The van der Waals surface area contributed by atoms with Crippen molar-refractivity contribution in [1.82, 2.24) is 0 Å². The molecule has 1 aliphatic rings. The lowest BCUT2D eigenvalue weighted by molar-refractivity contribution is 1.11. The van der Waals surface area contributed by atoms with Crippen molar-refractivity contribution in [2.45, 2.75) is 11.3 Å². The highest BCUT2D eigenvalue weighted by Gasteiger charge is 2.08. The van der Waals surface area contributed by atoms with Gasteiger partial charge >= 0.3 is 0 Å². The van der Waals surface area contributed by atoms with E-state index in [2.05, 4.69) is 36.1 Å². The van der Waals surface area contributed by atoms with Crippen LogP contribution in [0.15, 0.2) is 23.1 Å². The number of thiol groups is 1. The van der Waals surface area contributed by atoms with Crippen LogP contribution in [0.1, 0.15) is 5.56 Å².